The molecule has 0 aliphatic heterocycles. The van der Waals surface area contributed by atoms with Crippen LogP contribution >= 0.6 is 11.6 Å². The number of benzene rings is 1. The van der Waals surface area contributed by atoms with Crippen LogP contribution in [0.5, 0.6) is 0 Å². The largest absolute Gasteiger partial charge is 0.345 e. The summed E-state index contributed by atoms with van der Waals surface area (Å²) in [5, 5.41) is 3.79. The molecule has 0 saturated heterocycles. The van der Waals surface area contributed by atoms with Crippen molar-refractivity contribution in [1.29, 1.82) is 0 Å². The SMILES string of the molecule is CCCN(Cc1cccn1Cc1cccc(Cl)c1)C(=O)NC(C)(C)C. The second-order valence-electron chi connectivity index (χ2n) is 7.36. The number of carbonyl (C=O) groups excluding carboxylic acids is 1. The first-order valence-electron chi connectivity index (χ1n) is 8.74. The summed E-state index contributed by atoms with van der Waals surface area (Å²) < 4.78 is 2.17. The molecule has 0 radical (unpaired) electrons. The lowest BCUT2D eigenvalue weighted by Gasteiger charge is -2.28. The van der Waals surface area contributed by atoms with E-state index in [2.05, 4.69) is 28.9 Å². The lowest BCUT2D eigenvalue weighted by molar-refractivity contribution is 0.184. The van der Waals surface area contributed by atoms with Gasteiger partial charge in [0.25, 0.3) is 0 Å². The molecule has 136 valence electrons. The fraction of sp³-hybridized carbons (Fsp3) is 0.450. The minimum atomic E-state index is -0.244. The molecule has 0 unspecified atom stereocenters. The molecule has 0 fully saturated rings. The molecule has 2 rings (SSSR count). The van der Waals surface area contributed by atoms with E-state index in [1.165, 1.54) is 0 Å². The van der Waals surface area contributed by atoms with Crippen LogP contribution < -0.4 is 5.32 Å². The Bertz CT molecular complexity index is 703. The number of urea groups is 1. The number of halogens is 1. The number of nitrogens with one attached hydrogen (secondary N) is 1. The van der Waals surface area contributed by atoms with E-state index >= 15 is 0 Å². The van der Waals surface area contributed by atoms with Crippen molar-refractivity contribution >= 4 is 17.6 Å². The molecule has 2 amide bonds. The molecule has 4 nitrogen and oxygen atoms in total. The van der Waals surface area contributed by atoms with Gasteiger partial charge in [-0.3, -0.25) is 0 Å². The van der Waals surface area contributed by atoms with Crippen LogP contribution in [0.2, 0.25) is 5.02 Å². The summed E-state index contributed by atoms with van der Waals surface area (Å²) >= 11 is 6.08. The number of aromatic nitrogens is 1. The predicted octanol–water partition coefficient (Wildman–Crippen LogP) is 4.91. The number of rotatable bonds is 6. The molecule has 25 heavy (non-hydrogen) atoms. The molecular weight excluding hydrogens is 334 g/mol. The van der Waals surface area contributed by atoms with Crippen LogP contribution in [0.25, 0.3) is 0 Å². The maximum Gasteiger partial charge on any atom is 0.318 e. The van der Waals surface area contributed by atoms with Gasteiger partial charge in [-0.2, -0.15) is 0 Å². The Hall–Kier alpha value is -1.94. The molecule has 1 aromatic heterocycles. The van der Waals surface area contributed by atoms with E-state index in [1.807, 2.05) is 56.1 Å². The van der Waals surface area contributed by atoms with Crippen LogP contribution in [0.1, 0.15) is 45.4 Å². The third kappa shape index (κ3) is 6.13. The predicted molar refractivity (Wildman–Crippen MR) is 104 cm³/mol. The van der Waals surface area contributed by atoms with Gasteiger partial charge >= 0.3 is 6.03 Å². The fourth-order valence-corrected chi connectivity index (χ4v) is 2.91. The van der Waals surface area contributed by atoms with Crippen molar-refractivity contribution in [3.63, 3.8) is 0 Å². The zero-order valence-electron chi connectivity index (χ0n) is 15.6. The van der Waals surface area contributed by atoms with Gasteiger partial charge in [-0.15, -0.1) is 0 Å². The summed E-state index contributed by atoms with van der Waals surface area (Å²) in [6, 6.07) is 11.9. The normalized spacial score (nSPS) is 11.4. The average molecular weight is 362 g/mol. The van der Waals surface area contributed by atoms with Crippen LogP contribution in [0.4, 0.5) is 4.79 Å². The van der Waals surface area contributed by atoms with E-state index in [0.717, 1.165) is 35.8 Å². The third-order valence-electron chi connectivity index (χ3n) is 3.78. The number of hydrogen-bond donors (Lipinski definition) is 1. The van der Waals surface area contributed by atoms with Crippen molar-refractivity contribution in [2.75, 3.05) is 6.54 Å². The number of nitrogens with zero attached hydrogens (tertiary/aromatic N) is 2. The first-order valence-corrected chi connectivity index (χ1v) is 9.12. The zero-order chi connectivity index (χ0) is 18.4. The second-order valence-corrected chi connectivity index (χ2v) is 7.80. The molecule has 0 spiro atoms. The fourth-order valence-electron chi connectivity index (χ4n) is 2.70. The molecule has 1 N–H and O–H groups in total. The van der Waals surface area contributed by atoms with Gasteiger partial charge in [-0.25, -0.2) is 4.79 Å². The maximum absolute atomic E-state index is 12.6. The molecule has 0 bridgehead atoms. The molecule has 1 heterocycles. The van der Waals surface area contributed by atoms with Crippen molar-refractivity contribution < 1.29 is 4.79 Å². The molecule has 0 saturated carbocycles. The Balaban J connectivity index is 2.12. The van der Waals surface area contributed by atoms with Gasteiger partial charge in [0.05, 0.1) is 6.54 Å². The minimum absolute atomic E-state index is 0.0233. The third-order valence-corrected chi connectivity index (χ3v) is 4.02. The van der Waals surface area contributed by atoms with Crippen molar-refractivity contribution in [2.24, 2.45) is 0 Å². The molecule has 0 atom stereocenters. The summed E-state index contributed by atoms with van der Waals surface area (Å²) in [4.78, 5) is 14.4. The summed E-state index contributed by atoms with van der Waals surface area (Å²) in [5.74, 6) is 0. The smallest absolute Gasteiger partial charge is 0.318 e. The zero-order valence-corrected chi connectivity index (χ0v) is 16.3. The van der Waals surface area contributed by atoms with Gasteiger partial charge in [-0.1, -0.05) is 30.7 Å². The number of amides is 2. The van der Waals surface area contributed by atoms with Gasteiger partial charge in [-0.05, 0) is 57.0 Å². The van der Waals surface area contributed by atoms with Gasteiger partial charge in [0.1, 0.15) is 0 Å². The quantitative estimate of drug-likeness (QED) is 0.779. The van der Waals surface area contributed by atoms with Crippen LogP contribution in [-0.2, 0) is 13.1 Å². The standard InChI is InChI=1S/C20H28ClN3O/c1-5-11-24(19(25)22-20(2,3)4)15-18-10-7-12-23(18)14-16-8-6-9-17(21)13-16/h6-10,12-13H,5,11,14-15H2,1-4H3,(H,22,25). The van der Waals surface area contributed by atoms with E-state index in [-0.39, 0.29) is 11.6 Å². The van der Waals surface area contributed by atoms with Gasteiger partial charge in [0, 0.05) is 35.5 Å². The highest BCUT2D eigenvalue weighted by molar-refractivity contribution is 6.30. The van der Waals surface area contributed by atoms with Crippen molar-refractivity contribution in [3.05, 3.63) is 58.9 Å². The average Bonchev–Trinajstić information content (AvgIpc) is 2.92. The molecule has 2 aromatic rings. The Morgan fingerprint density at radius 2 is 2.00 bits per heavy atom. The summed E-state index contributed by atoms with van der Waals surface area (Å²) in [7, 11) is 0. The Labute approximate surface area is 155 Å². The van der Waals surface area contributed by atoms with E-state index in [9.17, 15) is 4.79 Å². The molecule has 0 aliphatic rings. The first-order chi connectivity index (χ1) is 11.8. The minimum Gasteiger partial charge on any atom is -0.345 e. The molecule has 1 aromatic carbocycles. The van der Waals surface area contributed by atoms with Crippen molar-refractivity contribution in [2.45, 2.75) is 52.7 Å². The Kier molecular flexibility index (Phi) is 6.54. The summed E-state index contributed by atoms with van der Waals surface area (Å²) in [6.45, 7) is 10.1. The maximum atomic E-state index is 12.6. The summed E-state index contributed by atoms with van der Waals surface area (Å²) in [5.41, 5.74) is 2.01. The van der Waals surface area contributed by atoms with E-state index < -0.39 is 0 Å². The Morgan fingerprint density at radius 1 is 1.24 bits per heavy atom. The lowest BCUT2D eigenvalue weighted by Crippen LogP contribution is -2.48. The highest BCUT2D eigenvalue weighted by atomic mass is 35.5. The highest BCUT2D eigenvalue weighted by Crippen LogP contribution is 2.15. The summed E-state index contributed by atoms with van der Waals surface area (Å²) in [6.07, 6.45) is 2.97. The van der Waals surface area contributed by atoms with Gasteiger partial charge in [0.2, 0.25) is 0 Å². The molecular formula is C20H28ClN3O. The van der Waals surface area contributed by atoms with E-state index in [0.29, 0.717) is 6.54 Å². The topological polar surface area (TPSA) is 37.3 Å². The molecule has 5 heteroatoms. The second kappa shape index (κ2) is 8.43. The lowest BCUT2D eigenvalue weighted by atomic mass is 10.1. The van der Waals surface area contributed by atoms with Crippen molar-refractivity contribution in [1.82, 2.24) is 14.8 Å². The van der Waals surface area contributed by atoms with Crippen LogP contribution in [0.15, 0.2) is 42.6 Å². The van der Waals surface area contributed by atoms with E-state index in [1.54, 1.807) is 0 Å². The van der Waals surface area contributed by atoms with Crippen LogP contribution in [0.3, 0.4) is 0 Å². The van der Waals surface area contributed by atoms with Crippen LogP contribution in [0, 0.1) is 0 Å². The first kappa shape index (κ1) is 19.4. The van der Waals surface area contributed by atoms with Crippen LogP contribution in [-0.4, -0.2) is 27.6 Å². The highest BCUT2D eigenvalue weighted by Gasteiger charge is 2.20. The Morgan fingerprint density at radius 3 is 2.64 bits per heavy atom. The van der Waals surface area contributed by atoms with Gasteiger partial charge < -0.3 is 14.8 Å². The monoisotopic (exact) mass is 361 g/mol. The van der Waals surface area contributed by atoms with Gasteiger partial charge in [0.15, 0.2) is 0 Å². The van der Waals surface area contributed by atoms with E-state index in [4.69, 9.17) is 11.6 Å². The number of carbonyl (C=O) groups is 1. The molecule has 0 aliphatic carbocycles. The van der Waals surface area contributed by atoms with Crippen molar-refractivity contribution in [3.8, 4) is 0 Å². The number of hydrogen-bond acceptors (Lipinski definition) is 1.